The molecule has 2 heterocycles. The summed E-state index contributed by atoms with van der Waals surface area (Å²) in [7, 11) is 1.79. The molecule has 0 spiro atoms. The van der Waals surface area contributed by atoms with Crippen molar-refractivity contribution in [3.05, 3.63) is 36.0 Å². The molecule has 6 heteroatoms. The van der Waals surface area contributed by atoms with E-state index in [0.717, 1.165) is 11.5 Å². The maximum Gasteiger partial charge on any atom is 0.319 e. The Morgan fingerprint density at radius 1 is 1.50 bits per heavy atom. The molecule has 2 N–H and O–H groups in total. The Kier molecular flexibility index (Phi) is 3.36. The minimum atomic E-state index is -0.287. The second-order valence-electron chi connectivity index (χ2n) is 4.17. The molecule has 1 atom stereocenters. The molecular weight excluding hydrogens is 232 g/mol. The van der Waals surface area contributed by atoms with Crippen LogP contribution >= 0.6 is 0 Å². The maximum atomic E-state index is 11.7. The van der Waals surface area contributed by atoms with Crippen molar-refractivity contribution in [1.29, 1.82) is 0 Å². The molecule has 2 aromatic rings. The van der Waals surface area contributed by atoms with Crippen molar-refractivity contribution in [3.8, 4) is 0 Å². The van der Waals surface area contributed by atoms with Crippen LogP contribution in [0.15, 0.2) is 28.9 Å². The Morgan fingerprint density at radius 3 is 2.83 bits per heavy atom. The van der Waals surface area contributed by atoms with E-state index in [-0.39, 0.29) is 12.1 Å². The zero-order valence-electron chi connectivity index (χ0n) is 10.6. The summed E-state index contributed by atoms with van der Waals surface area (Å²) in [5.74, 6) is 1.56. The van der Waals surface area contributed by atoms with E-state index >= 15 is 0 Å². The summed E-state index contributed by atoms with van der Waals surface area (Å²) >= 11 is 0. The first-order valence-corrected chi connectivity index (χ1v) is 5.67. The van der Waals surface area contributed by atoms with Crippen LogP contribution in [0.3, 0.4) is 0 Å². The number of rotatable bonds is 3. The van der Waals surface area contributed by atoms with Crippen LogP contribution in [0.2, 0.25) is 0 Å². The fraction of sp³-hybridized carbons (Fsp3) is 0.333. The van der Waals surface area contributed by atoms with E-state index in [9.17, 15) is 4.79 Å². The number of furan rings is 1. The van der Waals surface area contributed by atoms with Gasteiger partial charge in [-0.05, 0) is 26.0 Å². The molecule has 96 valence electrons. The van der Waals surface area contributed by atoms with Gasteiger partial charge in [0.2, 0.25) is 0 Å². The molecule has 0 saturated heterocycles. The molecule has 0 bridgehead atoms. The first kappa shape index (κ1) is 12.2. The summed E-state index contributed by atoms with van der Waals surface area (Å²) in [4.78, 5) is 11.7. The Bertz CT molecular complexity index is 544. The van der Waals surface area contributed by atoms with Crippen molar-refractivity contribution < 1.29 is 9.21 Å². The summed E-state index contributed by atoms with van der Waals surface area (Å²) in [6, 6.07) is 3.25. The highest BCUT2D eigenvalue weighted by Gasteiger charge is 2.12. The third-order valence-corrected chi connectivity index (χ3v) is 2.50. The third-order valence-electron chi connectivity index (χ3n) is 2.50. The van der Waals surface area contributed by atoms with Crippen LogP contribution < -0.4 is 10.6 Å². The van der Waals surface area contributed by atoms with E-state index in [0.29, 0.717) is 5.69 Å². The summed E-state index contributed by atoms with van der Waals surface area (Å²) in [5.41, 5.74) is 0.651. The summed E-state index contributed by atoms with van der Waals surface area (Å²) in [6.45, 7) is 3.73. The number of aryl methyl sites for hydroxylation is 2. The molecule has 0 aliphatic carbocycles. The predicted molar refractivity (Wildman–Crippen MR) is 67.2 cm³/mol. The van der Waals surface area contributed by atoms with Crippen molar-refractivity contribution in [2.75, 3.05) is 5.32 Å². The standard InChI is InChI=1S/C12H16N4O2/c1-8-4-5-11(18-8)9(2)14-12(17)15-10-6-13-16(3)7-10/h4-7,9H,1-3H3,(H2,14,15,17). The Hall–Kier alpha value is -2.24. The van der Waals surface area contributed by atoms with Gasteiger partial charge in [-0.3, -0.25) is 4.68 Å². The van der Waals surface area contributed by atoms with Crippen LogP contribution in [0.1, 0.15) is 24.5 Å². The molecule has 0 fully saturated rings. The monoisotopic (exact) mass is 248 g/mol. The van der Waals surface area contributed by atoms with Crippen LogP contribution in [-0.2, 0) is 7.05 Å². The molecular formula is C12H16N4O2. The first-order valence-electron chi connectivity index (χ1n) is 5.67. The number of amides is 2. The van der Waals surface area contributed by atoms with Crippen molar-refractivity contribution in [2.45, 2.75) is 19.9 Å². The van der Waals surface area contributed by atoms with Gasteiger partial charge < -0.3 is 15.1 Å². The molecule has 0 aromatic carbocycles. The van der Waals surface area contributed by atoms with Crippen molar-refractivity contribution in [1.82, 2.24) is 15.1 Å². The Balaban J connectivity index is 1.91. The van der Waals surface area contributed by atoms with E-state index in [4.69, 9.17) is 4.42 Å². The smallest absolute Gasteiger partial charge is 0.319 e. The maximum absolute atomic E-state index is 11.7. The van der Waals surface area contributed by atoms with Gasteiger partial charge in [0.1, 0.15) is 11.5 Å². The number of nitrogens with one attached hydrogen (secondary N) is 2. The van der Waals surface area contributed by atoms with Gasteiger partial charge in [-0.1, -0.05) is 0 Å². The second-order valence-corrected chi connectivity index (χ2v) is 4.17. The molecule has 6 nitrogen and oxygen atoms in total. The van der Waals surface area contributed by atoms with Crippen molar-refractivity contribution >= 4 is 11.7 Å². The minimum Gasteiger partial charge on any atom is -0.464 e. The van der Waals surface area contributed by atoms with Gasteiger partial charge in [0, 0.05) is 13.2 Å². The van der Waals surface area contributed by atoms with Gasteiger partial charge in [-0.15, -0.1) is 0 Å². The van der Waals surface area contributed by atoms with Gasteiger partial charge in [0.15, 0.2) is 0 Å². The number of urea groups is 1. The van der Waals surface area contributed by atoms with Crippen molar-refractivity contribution in [2.24, 2.45) is 7.05 Å². The molecule has 18 heavy (non-hydrogen) atoms. The first-order chi connectivity index (χ1) is 8.54. The van der Waals surface area contributed by atoms with Crippen LogP contribution in [0.5, 0.6) is 0 Å². The number of hydrogen-bond donors (Lipinski definition) is 2. The van der Waals surface area contributed by atoms with E-state index in [1.165, 1.54) is 0 Å². The van der Waals surface area contributed by atoms with E-state index in [1.54, 1.807) is 24.1 Å². The quantitative estimate of drug-likeness (QED) is 0.874. The van der Waals surface area contributed by atoms with Gasteiger partial charge >= 0.3 is 6.03 Å². The molecule has 0 saturated carbocycles. The van der Waals surface area contributed by atoms with E-state index in [1.807, 2.05) is 26.0 Å². The Morgan fingerprint density at radius 2 is 2.28 bits per heavy atom. The molecule has 2 aromatic heterocycles. The lowest BCUT2D eigenvalue weighted by Gasteiger charge is -2.11. The molecule has 1 unspecified atom stereocenters. The van der Waals surface area contributed by atoms with Crippen LogP contribution in [0.4, 0.5) is 10.5 Å². The average Bonchev–Trinajstić information content (AvgIpc) is 2.87. The zero-order chi connectivity index (χ0) is 13.1. The summed E-state index contributed by atoms with van der Waals surface area (Å²) < 4.78 is 7.06. The van der Waals surface area contributed by atoms with Gasteiger partial charge in [0.05, 0.1) is 17.9 Å². The molecule has 2 rings (SSSR count). The number of nitrogens with zero attached hydrogens (tertiary/aromatic N) is 2. The van der Waals surface area contributed by atoms with E-state index < -0.39 is 0 Å². The van der Waals surface area contributed by atoms with Crippen molar-refractivity contribution in [3.63, 3.8) is 0 Å². The average molecular weight is 248 g/mol. The zero-order valence-corrected chi connectivity index (χ0v) is 10.6. The normalized spacial score (nSPS) is 12.2. The molecule has 0 aliphatic heterocycles. The molecule has 0 aliphatic rings. The third kappa shape index (κ3) is 2.91. The number of hydrogen-bond acceptors (Lipinski definition) is 3. The highest BCUT2D eigenvalue weighted by molar-refractivity contribution is 5.89. The van der Waals surface area contributed by atoms with Crippen LogP contribution in [0, 0.1) is 6.92 Å². The minimum absolute atomic E-state index is 0.185. The molecule has 0 radical (unpaired) electrons. The Labute approximate surface area is 105 Å². The van der Waals surface area contributed by atoms with Crippen LogP contribution in [-0.4, -0.2) is 15.8 Å². The predicted octanol–water partition coefficient (Wildman–Crippen LogP) is 2.20. The topological polar surface area (TPSA) is 72.1 Å². The fourth-order valence-electron chi connectivity index (χ4n) is 1.61. The van der Waals surface area contributed by atoms with Crippen LogP contribution in [0.25, 0.3) is 0 Å². The van der Waals surface area contributed by atoms with Gasteiger partial charge in [-0.25, -0.2) is 4.79 Å². The SMILES string of the molecule is Cc1ccc(C(C)NC(=O)Nc2cnn(C)c2)o1. The lowest BCUT2D eigenvalue weighted by molar-refractivity contribution is 0.247. The number of carbonyl (C=O) groups is 1. The lowest BCUT2D eigenvalue weighted by Crippen LogP contribution is -2.30. The summed E-state index contributed by atoms with van der Waals surface area (Å²) in [6.07, 6.45) is 3.31. The fourth-order valence-corrected chi connectivity index (χ4v) is 1.61. The highest BCUT2D eigenvalue weighted by Crippen LogP contribution is 2.15. The highest BCUT2D eigenvalue weighted by atomic mass is 16.3. The summed E-state index contributed by atoms with van der Waals surface area (Å²) in [5, 5.41) is 9.45. The van der Waals surface area contributed by atoms with Gasteiger partial charge in [-0.2, -0.15) is 5.10 Å². The van der Waals surface area contributed by atoms with Gasteiger partial charge in [0.25, 0.3) is 0 Å². The molecule has 2 amide bonds. The second kappa shape index (κ2) is 4.95. The lowest BCUT2D eigenvalue weighted by atomic mass is 10.2. The number of aromatic nitrogens is 2. The number of anilines is 1. The number of carbonyl (C=O) groups excluding carboxylic acids is 1. The largest absolute Gasteiger partial charge is 0.464 e. The van der Waals surface area contributed by atoms with E-state index in [2.05, 4.69) is 15.7 Å².